The third-order valence-corrected chi connectivity index (χ3v) is 5.79. The van der Waals surface area contributed by atoms with Crippen LogP contribution in [0, 0.1) is 0 Å². The number of likely N-dealkylation sites (N-methyl/N-ethyl adjacent to an activating group) is 1. The van der Waals surface area contributed by atoms with Crippen molar-refractivity contribution < 1.29 is 4.57 Å². The van der Waals surface area contributed by atoms with Crippen LogP contribution in [0.5, 0.6) is 0 Å². The predicted molar refractivity (Wildman–Crippen MR) is 119 cm³/mol. The van der Waals surface area contributed by atoms with Crippen molar-refractivity contribution in [2.45, 2.75) is 11.9 Å². The van der Waals surface area contributed by atoms with Crippen molar-refractivity contribution in [3.8, 4) is 0 Å². The zero-order valence-electron chi connectivity index (χ0n) is 16.3. The van der Waals surface area contributed by atoms with E-state index >= 15 is 0 Å². The summed E-state index contributed by atoms with van der Waals surface area (Å²) < 4.78 is 2.25. The first-order valence-corrected chi connectivity index (χ1v) is 10.3. The third kappa shape index (κ3) is 5.76. The van der Waals surface area contributed by atoms with Crippen LogP contribution >= 0.6 is 11.8 Å². The van der Waals surface area contributed by atoms with Gasteiger partial charge in [0.25, 0.3) is 0 Å². The molecule has 1 aromatic heterocycles. The van der Waals surface area contributed by atoms with E-state index in [9.17, 15) is 0 Å². The lowest BCUT2D eigenvalue weighted by atomic mass is 10.1. The maximum atomic E-state index is 2.25. The number of aryl methyl sites for hydroxylation is 1. The van der Waals surface area contributed by atoms with Crippen LogP contribution in [0.4, 0.5) is 5.69 Å². The number of benzene rings is 1. The average Bonchev–Trinajstić information content (AvgIpc) is 2.69. The normalized spacial score (nSPS) is 16.3. The Kier molecular flexibility index (Phi) is 6.77. The number of thioether (sulfide) groups is 1. The van der Waals surface area contributed by atoms with Gasteiger partial charge in [-0.3, -0.25) is 0 Å². The Morgan fingerprint density at radius 1 is 1.00 bits per heavy atom. The summed E-state index contributed by atoms with van der Waals surface area (Å²) in [7, 11) is 6.24. The lowest BCUT2D eigenvalue weighted by Gasteiger charge is -2.24. The molecule has 0 bridgehead atoms. The Morgan fingerprint density at radius 3 is 2.30 bits per heavy atom. The van der Waals surface area contributed by atoms with Crippen LogP contribution in [0.3, 0.4) is 0 Å². The van der Waals surface area contributed by atoms with E-state index in [1.54, 1.807) is 0 Å². The van der Waals surface area contributed by atoms with E-state index in [1.807, 2.05) is 11.8 Å². The highest BCUT2D eigenvalue weighted by molar-refractivity contribution is 8.00. The zero-order valence-corrected chi connectivity index (χ0v) is 17.1. The third-order valence-electron chi connectivity index (χ3n) is 4.54. The molecule has 27 heavy (non-hydrogen) atoms. The van der Waals surface area contributed by atoms with Gasteiger partial charge in [0.2, 0.25) is 0 Å². The van der Waals surface area contributed by atoms with Gasteiger partial charge in [-0.1, -0.05) is 36.4 Å². The molecule has 140 valence electrons. The van der Waals surface area contributed by atoms with E-state index in [-0.39, 0.29) is 0 Å². The Hall–Kier alpha value is -2.46. The topological polar surface area (TPSA) is 10.4 Å². The fourth-order valence-corrected chi connectivity index (χ4v) is 3.89. The predicted octanol–water partition coefficient (Wildman–Crippen LogP) is 4.29. The Bertz CT molecular complexity index is 805. The largest absolute Gasteiger partial charge is 0.378 e. The maximum Gasteiger partial charge on any atom is 0.169 e. The highest BCUT2D eigenvalue weighted by Gasteiger charge is 2.11. The van der Waals surface area contributed by atoms with Crippen molar-refractivity contribution >= 4 is 29.6 Å². The summed E-state index contributed by atoms with van der Waals surface area (Å²) in [5.41, 5.74) is 3.65. The molecule has 1 atom stereocenters. The molecule has 2 heterocycles. The summed E-state index contributed by atoms with van der Waals surface area (Å²) in [5, 5.41) is 0.441. The molecule has 3 nitrogen and oxygen atoms in total. The molecular formula is C23H28N3S+. The van der Waals surface area contributed by atoms with Crippen LogP contribution in [-0.4, -0.2) is 37.2 Å². The minimum atomic E-state index is 0.441. The van der Waals surface area contributed by atoms with Crippen molar-refractivity contribution in [1.82, 2.24) is 4.90 Å². The molecule has 1 unspecified atom stereocenters. The van der Waals surface area contributed by atoms with E-state index in [0.717, 1.165) is 12.3 Å². The number of aromatic nitrogens is 1. The number of anilines is 1. The number of nitrogens with zero attached hydrogens (tertiary/aromatic N) is 3. The van der Waals surface area contributed by atoms with E-state index in [4.69, 9.17) is 0 Å². The molecule has 4 heteroatoms. The summed E-state index contributed by atoms with van der Waals surface area (Å²) in [6.07, 6.45) is 17.2. The first-order chi connectivity index (χ1) is 13.1. The van der Waals surface area contributed by atoms with Gasteiger partial charge in [-0.05, 0) is 29.3 Å². The molecule has 3 rings (SSSR count). The highest BCUT2D eigenvalue weighted by Crippen LogP contribution is 2.18. The smallest absolute Gasteiger partial charge is 0.169 e. The average molecular weight is 379 g/mol. The molecule has 1 aliphatic heterocycles. The molecule has 0 fully saturated rings. The highest BCUT2D eigenvalue weighted by atomic mass is 32.2. The van der Waals surface area contributed by atoms with Gasteiger partial charge < -0.3 is 9.80 Å². The summed E-state index contributed by atoms with van der Waals surface area (Å²) >= 11 is 1.96. The zero-order chi connectivity index (χ0) is 19.1. The van der Waals surface area contributed by atoms with E-state index in [1.165, 1.54) is 16.8 Å². The van der Waals surface area contributed by atoms with Crippen molar-refractivity contribution in [1.29, 1.82) is 0 Å². The Morgan fingerprint density at radius 2 is 1.67 bits per heavy atom. The van der Waals surface area contributed by atoms with Gasteiger partial charge >= 0.3 is 0 Å². The Balaban J connectivity index is 1.49. The lowest BCUT2D eigenvalue weighted by Crippen LogP contribution is -2.35. The second-order valence-corrected chi connectivity index (χ2v) is 8.07. The van der Waals surface area contributed by atoms with Crippen molar-refractivity contribution in [3.05, 3.63) is 84.3 Å². The summed E-state index contributed by atoms with van der Waals surface area (Å²) in [6.45, 7) is 1.02. The maximum absolute atomic E-state index is 2.25. The van der Waals surface area contributed by atoms with Crippen LogP contribution < -0.4 is 9.47 Å². The molecule has 0 spiro atoms. The summed E-state index contributed by atoms with van der Waals surface area (Å²) in [6, 6.07) is 12.9. The van der Waals surface area contributed by atoms with Crippen molar-refractivity contribution in [2.75, 3.05) is 31.8 Å². The van der Waals surface area contributed by atoms with Crippen LogP contribution in [0.15, 0.2) is 73.2 Å². The lowest BCUT2D eigenvalue weighted by molar-refractivity contribution is -0.692. The van der Waals surface area contributed by atoms with E-state index in [0.29, 0.717) is 5.37 Å². The van der Waals surface area contributed by atoms with E-state index < -0.39 is 0 Å². The summed E-state index contributed by atoms with van der Waals surface area (Å²) in [4.78, 5) is 4.36. The van der Waals surface area contributed by atoms with Gasteiger partial charge in [0.05, 0.1) is 11.1 Å². The van der Waals surface area contributed by atoms with Crippen molar-refractivity contribution in [2.24, 2.45) is 0 Å². The monoisotopic (exact) mass is 378 g/mol. The first-order valence-electron chi connectivity index (χ1n) is 9.25. The molecule has 0 amide bonds. The van der Waals surface area contributed by atoms with Gasteiger partial charge in [0.15, 0.2) is 18.9 Å². The molecule has 0 saturated carbocycles. The van der Waals surface area contributed by atoms with E-state index in [2.05, 4.69) is 121 Å². The number of hydrogen-bond donors (Lipinski definition) is 0. The van der Waals surface area contributed by atoms with Gasteiger partial charge in [-0.25, -0.2) is 4.57 Å². The van der Waals surface area contributed by atoms with Crippen LogP contribution in [0.1, 0.15) is 11.1 Å². The second-order valence-electron chi connectivity index (χ2n) is 6.84. The minimum absolute atomic E-state index is 0.441. The van der Waals surface area contributed by atoms with Gasteiger partial charge in [0, 0.05) is 45.2 Å². The Labute approximate surface area is 167 Å². The molecule has 0 aliphatic carbocycles. The number of hydrogen-bond acceptors (Lipinski definition) is 3. The molecule has 0 N–H and O–H groups in total. The number of rotatable bonds is 7. The minimum Gasteiger partial charge on any atom is -0.378 e. The van der Waals surface area contributed by atoms with Crippen LogP contribution in [-0.2, 0) is 6.54 Å². The molecule has 2 aromatic rings. The number of pyridine rings is 1. The number of allylic oxidation sites excluding steroid dienone is 2. The fraction of sp³-hybridized carbons (Fsp3) is 0.261. The second kappa shape index (κ2) is 9.47. The fourth-order valence-electron chi connectivity index (χ4n) is 2.82. The van der Waals surface area contributed by atoms with Gasteiger partial charge in [-0.15, -0.1) is 11.8 Å². The van der Waals surface area contributed by atoms with Crippen molar-refractivity contribution in [3.63, 3.8) is 0 Å². The molecule has 1 aromatic carbocycles. The SMILES string of the molecule is CN(C)c1ccc(/C=C/c2cc[n+](CCSC3C=CC=CN3C)cc2)cc1. The molecule has 0 saturated heterocycles. The quantitative estimate of drug-likeness (QED) is 0.666. The van der Waals surface area contributed by atoms with Gasteiger partial charge in [0.1, 0.15) is 0 Å². The van der Waals surface area contributed by atoms with Gasteiger partial charge in [-0.2, -0.15) is 0 Å². The molecule has 0 radical (unpaired) electrons. The molecular weight excluding hydrogens is 350 g/mol. The first kappa shape index (κ1) is 19.3. The molecule has 1 aliphatic rings. The van der Waals surface area contributed by atoms with Crippen LogP contribution in [0.2, 0.25) is 0 Å². The van der Waals surface area contributed by atoms with Crippen LogP contribution in [0.25, 0.3) is 12.2 Å². The standard InChI is InChI=1S/C23H28N3S/c1-24(2)22-11-9-20(10-12-22)7-8-21-13-16-26(17-14-21)18-19-27-23-6-4-5-15-25(23)3/h4-17,23H,18-19H2,1-3H3/q+1. The summed E-state index contributed by atoms with van der Waals surface area (Å²) in [5.74, 6) is 1.09.